The van der Waals surface area contributed by atoms with Crippen molar-refractivity contribution in [2.45, 2.75) is 32.1 Å². The Bertz CT molecular complexity index is 627. The zero-order chi connectivity index (χ0) is 17.9. The maximum atomic E-state index is 12.8. The molecule has 2 saturated heterocycles. The summed E-state index contributed by atoms with van der Waals surface area (Å²) in [6.45, 7) is 5.95. The second-order valence-corrected chi connectivity index (χ2v) is 8.18. The van der Waals surface area contributed by atoms with Crippen molar-refractivity contribution in [2.24, 2.45) is 11.8 Å². The monoisotopic (exact) mass is 357 g/mol. The molecule has 1 aromatic rings. The van der Waals surface area contributed by atoms with Gasteiger partial charge in [-0.15, -0.1) is 0 Å². The van der Waals surface area contributed by atoms with E-state index in [1.54, 1.807) is 6.07 Å². The number of aromatic hydroxyl groups is 1. The fourth-order valence-electron chi connectivity index (χ4n) is 5.00. The number of para-hydroxylation sites is 2. The number of likely N-dealkylation sites (tertiary alicyclic amines) is 1. The van der Waals surface area contributed by atoms with E-state index in [1.807, 2.05) is 18.2 Å². The summed E-state index contributed by atoms with van der Waals surface area (Å²) in [7, 11) is 0. The molecule has 1 amide bonds. The molecule has 0 unspecified atom stereocenters. The zero-order valence-corrected chi connectivity index (χ0v) is 15.6. The van der Waals surface area contributed by atoms with E-state index in [2.05, 4.69) is 14.7 Å². The molecule has 26 heavy (non-hydrogen) atoms. The molecule has 1 saturated carbocycles. The first-order chi connectivity index (χ1) is 12.7. The van der Waals surface area contributed by atoms with Gasteiger partial charge in [0.15, 0.2) is 0 Å². The van der Waals surface area contributed by atoms with E-state index in [0.29, 0.717) is 18.2 Å². The molecular weight excluding hydrogens is 326 g/mol. The van der Waals surface area contributed by atoms with Crippen LogP contribution in [0.15, 0.2) is 24.3 Å². The van der Waals surface area contributed by atoms with Crippen LogP contribution >= 0.6 is 0 Å². The molecule has 3 aliphatic rings. The van der Waals surface area contributed by atoms with E-state index in [4.69, 9.17) is 0 Å². The third-order valence-corrected chi connectivity index (χ3v) is 6.60. The number of fused-ring (bicyclic) bond motifs is 1. The van der Waals surface area contributed by atoms with Gasteiger partial charge in [0.25, 0.3) is 0 Å². The fraction of sp³-hybridized carbons (Fsp3) is 0.667. The van der Waals surface area contributed by atoms with Crippen LogP contribution in [0.3, 0.4) is 0 Å². The zero-order valence-electron chi connectivity index (χ0n) is 15.6. The number of nitrogens with zero attached hydrogens (tertiary/aromatic N) is 3. The van der Waals surface area contributed by atoms with E-state index in [9.17, 15) is 9.90 Å². The number of phenols is 1. The van der Waals surface area contributed by atoms with Crippen molar-refractivity contribution in [3.8, 4) is 5.75 Å². The molecule has 2 heterocycles. The molecule has 1 N–H and O–H groups in total. The molecule has 142 valence electrons. The summed E-state index contributed by atoms with van der Waals surface area (Å²) in [4.78, 5) is 19.4. The predicted molar refractivity (Wildman–Crippen MR) is 103 cm³/mol. The fourth-order valence-corrected chi connectivity index (χ4v) is 5.00. The molecule has 5 nitrogen and oxygen atoms in total. The smallest absolute Gasteiger partial charge is 0.236 e. The van der Waals surface area contributed by atoms with Crippen molar-refractivity contribution in [2.75, 3.05) is 50.7 Å². The summed E-state index contributed by atoms with van der Waals surface area (Å²) in [6.07, 6.45) is 6.62. The lowest BCUT2D eigenvalue weighted by atomic mass is 9.75. The average molecular weight is 357 g/mol. The van der Waals surface area contributed by atoms with Crippen molar-refractivity contribution in [3.63, 3.8) is 0 Å². The molecular formula is C21H31N3O2. The van der Waals surface area contributed by atoms with Gasteiger partial charge in [-0.2, -0.15) is 0 Å². The van der Waals surface area contributed by atoms with Gasteiger partial charge in [0, 0.05) is 39.3 Å². The minimum Gasteiger partial charge on any atom is -0.506 e. The van der Waals surface area contributed by atoms with Crippen LogP contribution in [0, 0.1) is 11.8 Å². The first-order valence-electron chi connectivity index (χ1n) is 10.2. The van der Waals surface area contributed by atoms with Gasteiger partial charge in [-0.25, -0.2) is 0 Å². The van der Waals surface area contributed by atoms with Crippen molar-refractivity contribution in [1.82, 2.24) is 9.80 Å². The van der Waals surface area contributed by atoms with Crippen LogP contribution in [-0.2, 0) is 4.79 Å². The maximum absolute atomic E-state index is 12.8. The van der Waals surface area contributed by atoms with Crippen LogP contribution in [0.1, 0.15) is 32.1 Å². The standard InChI is InChI=1S/C21H31N3O2/c25-20-8-4-3-7-19(20)23-13-11-22(12-14-23)16-21(26)24-10-9-17-5-1-2-6-18(17)15-24/h3-4,7-8,17-18,25H,1-2,5-6,9-16H2/t17-,18+/m1/s1. The molecule has 1 aromatic carbocycles. The maximum Gasteiger partial charge on any atom is 0.236 e. The van der Waals surface area contributed by atoms with E-state index in [1.165, 1.54) is 32.1 Å². The van der Waals surface area contributed by atoms with Crippen molar-refractivity contribution in [1.29, 1.82) is 0 Å². The van der Waals surface area contributed by atoms with Gasteiger partial charge in [-0.1, -0.05) is 31.4 Å². The predicted octanol–water partition coefficient (Wildman–Crippen LogP) is 2.55. The van der Waals surface area contributed by atoms with Gasteiger partial charge < -0.3 is 14.9 Å². The Morgan fingerprint density at radius 1 is 0.962 bits per heavy atom. The first kappa shape index (κ1) is 17.7. The number of piperazine rings is 1. The SMILES string of the molecule is O=C(CN1CCN(c2ccccc2O)CC1)N1CC[C@H]2CCCC[C@H]2C1. The highest BCUT2D eigenvalue weighted by atomic mass is 16.3. The van der Waals surface area contributed by atoms with E-state index < -0.39 is 0 Å². The summed E-state index contributed by atoms with van der Waals surface area (Å²) < 4.78 is 0. The largest absolute Gasteiger partial charge is 0.506 e. The van der Waals surface area contributed by atoms with Crippen LogP contribution in [-0.4, -0.2) is 66.6 Å². The molecule has 0 radical (unpaired) electrons. The lowest BCUT2D eigenvalue weighted by Gasteiger charge is -2.42. The quantitative estimate of drug-likeness (QED) is 0.903. The lowest BCUT2D eigenvalue weighted by molar-refractivity contribution is -0.135. The van der Waals surface area contributed by atoms with Gasteiger partial charge in [0.1, 0.15) is 5.75 Å². The van der Waals surface area contributed by atoms with Gasteiger partial charge in [-0.3, -0.25) is 9.69 Å². The van der Waals surface area contributed by atoms with Crippen LogP contribution in [0.2, 0.25) is 0 Å². The number of amides is 1. The van der Waals surface area contributed by atoms with E-state index in [-0.39, 0.29) is 0 Å². The van der Waals surface area contributed by atoms with Crippen molar-refractivity contribution in [3.05, 3.63) is 24.3 Å². The van der Waals surface area contributed by atoms with E-state index >= 15 is 0 Å². The van der Waals surface area contributed by atoms with Gasteiger partial charge in [-0.05, 0) is 36.8 Å². The third-order valence-electron chi connectivity index (χ3n) is 6.60. The Labute approximate surface area is 156 Å². The Kier molecular flexibility index (Phi) is 5.34. The van der Waals surface area contributed by atoms with Crippen molar-refractivity contribution >= 4 is 11.6 Å². The Morgan fingerprint density at radius 2 is 1.69 bits per heavy atom. The minimum atomic E-state index is 0.310. The molecule has 4 rings (SSSR count). The number of hydrogen-bond donors (Lipinski definition) is 1. The first-order valence-corrected chi connectivity index (χ1v) is 10.2. The second kappa shape index (κ2) is 7.87. The number of piperidine rings is 1. The van der Waals surface area contributed by atoms with Crippen LogP contribution in [0.4, 0.5) is 5.69 Å². The highest BCUT2D eigenvalue weighted by Gasteiger charge is 2.33. The number of carbonyl (C=O) groups is 1. The third kappa shape index (κ3) is 3.83. The van der Waals surface area contributed by atoms with E-state index in [0.717, 1.165) is 56.8 Å². The molecule has 0 spiro atoms. The van der Waals surface area contributed by atoms with Gasteiger partial charge in [0.05, 0.1) is 12.2 Å². The van der Waals surface area contributed by atoms with Crippen LogP contribution in [0.5, 0.6) is 5.75 Å². The number of anilines is 1. The summed E-state index contributed by atoms with van der Waals surface area (Å²) in [5, 5.41) is 10.0. The topological polar surface area (TPSA) is 47.0 Å². The molecule has 1 aliphatic carbocycles. The Morgan fingerprint density at radius 3 is 2.46 bits per heavy atom. The second-order valence-electron chi connectivity index (χ2n) is 8.18. The Hall–Kier alpha value is -1.75. The molecule has 5 heteroatoms. The lowest BCUT2D eigenvalue weighted by Crippen LogP contribution is -2.52. The van der Waals surface area contributed by atoms with Crippen molar-refractivity contribution < 1.29 is 9.90 Å². The minimum absolute atomic E-state index is 0.310. The highest BCUT2D eigenvalue weighted by molar-refractivity contribution is 5.78. The summed E-state index contributed by atoms with van der Waals surface area (Å²) in [5.41, 5.74) is 0.901. The summed E-state index contributed by atoms with van der Waals surface area (Å²) in [6, 6.07) is 7.51. The number of benzene rings is 1. The number of phenolic OH excluding ortho intramolecular Hbond substituents is 1. The number of hydrogen-bond acceptors (Lipinski definition) is 4. The molecule has 2 aliphatic heterocycles. The summed E-state index contributed by atoms with van der Waals surface area (Å²) >= 11 is 0. The van der Waals surface area contributed by atoms with Crippen LogP contribution < -0.4 is 4.90 Å². The molecule has 0 bridgehead atoms. The normalized spacial score (nSPS) is 27.2. The van der Waals surface area contributed by atoms with Gasteiger partial charge in [0.2, 0.25) is 5.91 Å². The molecule has 0 aromatic heterocycles. The summed E-state index contributed by atoms with van der Waals surface area (Å²) in [5.74, 6) is 2.27. The number of rotatable bonds is 3. The molecule has 3 fully saturated rings. The highest BCUT2D eigenvalue weighted by Crippen LogP contribution is 2.36. The van der Waals surface area contributed by atoms with Crippen LogP contribution in [0.25, 0.3) is 0 Å². The molecule has 2 atom stereocenters. The average Bonchev–Trinajstić information content (AvgIpc) is 2.69. The number of carbonyl (C=O) groups excluding carboxylic acids is 1. The Balaban J connectivity index is 1.26. The van der Waals surface area contributed by atoms with Gasteiger partial charge >= 0.3 is 0 Å².